The van der Waals surface area contributed by atoms with Crippen LogP contribution in [0.3, 0.4) is 0 Å². The highest BCUT2D eigenvalue weighted by atomic mass is 79.9. The summed E-state index contributed by atoms with van der Waals surface area (Å²) < 4.78 is 1.14. The molecule has 0 nitrogen and oxygen atoms in total. The fourth-order valence-corrected chi connectivity index (χ4v) is 3.02. The van der Waals surface area contributed by atoms with Gasteiger partial charge in [-0.3, -0.25) is 0 Å². The van der Waals surface area contributed by atoms with Crippen LogP contribution < -0.4 is 0 Å². The summed E-state index contributed by atoms with van der Waals surface area (Å²) in [7, 11) is 0. The molecular weight excluding hydrogens is 284 g/mol. The van der Waals surface area contributed by atoms with Crippen molar-refractivity contribution in [3.63, 3.8) is 0 Å². The number of benzene rings is 2. The lowest BCUT2D eigenvalue weighted by molar-refractivity contribution is 0.738. The quantitative estimate of drug-likeness (QED) is 0.688. The second kappa shape index (κ2) is 4.10. The van der Waals surface area contributed by atoms with Crippen molar-refractivity contribution in [1.82, 2.24) is 0 Å². The molecule has 0 radical (unpaired) electrons. The van der Waals surface area contributed by atoms with Crippen molar-refractivity contribution in [1.29, 1.82) is 0 Å². The highest BCUT2D eigenvalue weighted by molar-refractivity contribution is 9.10. The molecule has 0 heterocycles. The number of halogens is 1. The molecule has 0 aromatic heterocycles. The molecule has 3 rings (SSSR count). The monoisotopic (exact) mass is 298 g/mol. The fraction of sp³-hybridized carbons (Fsp3) is 0.176. The average Bonchev–Trinajstić information content (AvgIpc) is 2.68. The van der Waals surface area contributed by atoms with Crippen LogP contribution in [0.15, 0.2) is 53.0 Å². The van der Waals surface area contributed by atoms with E-state index in [2.05, 4.69) is 84.4 Å². The number of aryl methyl sites for hydroxylation is 1. The number of hydrogen-bond donors (Lipinski definition) is 0. The number of fused-ring (bicyclic) bond motifs is 1. The maximum atomic E-state index is 3.53. The third-order valence-electron chi connectivity index (χ3n) is 3.82. The predicted octanol–water partition coefficient (Wildman–Crippen LogP) is 5.09. The summed E-state index contributed by atoms with van der Waals surface area (Å²) in [5.74, 6) is 0. The highest BCUT2D eigenvalue weighted by Crippen LogP contribution is 2.41. The van der Waals surface area contributed by atoms with Crippen molar-refractivity contribution in [2.24, 2.45) is 0 Å². The first-order valence-electron chi connectivity index (χ1n) is 6.16. The van der Waals surface area contributed by atoms with E-state index in [1.807, 2.05) is 0 Å². The normalized spacial score (nSPS) is 21.1. The molecule has 1 unspecified atom stereocenters. The Morgan fingerprint density at radius 1 is 1.00 bits per heavy atom. The first-order chi connectivity index (χ1) is 8.59. The zero-order valence-electron chi connectivity index (χ0n) is 10.6. The fourth-order valence-electron chi connectivity index (χ4n) is 2.64. The van der Waals surface area contributed by atoms with Gasteiger partial charge in [0.15, 0.2) is 0 Å². The van der Waals surface area contributed by atoms with Gasteiger partial charge in [0, 0.05) is 9.89 Å². The first kappa shape index (κ1) is 11.7. The molecule has 18 heavy (non-hydrogen) atoms. The van der Waals surface area contributed by atoms with Gasteiger partial charge >= 0.3 is 0 Å². The van der Waals surface area contributed by atoms with Crippen LogP contribution in [0.2, 0.25) is 0 Å². The predicted molar refractivity (Wildman–Crippen MR) is 80.8 cm³/mol. The van der Waals surface area contributed by atoms with Gasteiger partial charge < -0.3 is 0 Å². The Bertz CT molecular complexity index is 623. The second-order valence-electron chi connectivity index (χ2n) is 5.13. The molecule has 0 fully saturated rings. The van der Waals surface area contributed by atoms with E-state index in [9.17, 15) is 0 Å². The molecule has 0 spiro atoms. The van der Waals surface area contributed by atoms with Crippen molar-refractivity contribution in [2.45, 2.75) is 19.3 Å². The van der Waals surface area contributed by atoms with Crippen LogP contribution in [0.5, 0.6) is 0 Å². The molecule has 90 valence electrons. The summed E-state index contributed by atoms with van der Waals surface area (Å²) >= 11 is 3.53. The standard InChI is InChI=1S/C17H15Br/c1-12-3-5-14(6-4-12)17(2)10-9-13-11-15(18)7-8-16(13)17/h3-11H,1-2H3. The van der Waals surface area contributed by atoms with Gasteiger partial charge in [0.2, 0.25) is 0 Å². The number of rotatable bonds is 1. The van der Waals surface area contributed by atoms with Crippen LogP contribution in [0.4, 0.5) is 0 Å². The van der Waals surface area contributed by atoms with Gasteiger partial charge in [0.25, 0.3) is 0 Å². The average molecular weight is 299 g/mol. The first-order valence-corrected chi connectivity index (χ1v) is 6.95. The molecule has 1 aliphatic carbocycles. The number of hydrogen-bond acceptors (Lipinski definition) is 0. The van der Waals surface area contributed by atoms with Gasteiger partial charge in [-0.2, -0.15) is 0 Å². The zero-order valence-corrected chi connectivity index (χ0v) is 12.2. The smallest absolute Gasteiger partial charge is 0.0362 e. The molecule has 1 heteroatoms. The Morgan fingerprint density at radius 3 is 2.44 bits per heavy atom. The SMILES string of the molecule is Cc1ccc(C2(C)C=Cc3cc(Br)ccc32)cc1. The summed E-state index contributed by atoms with van der Waals surface area (Å²) in [6.45, 7) is 4.41. The molecule has 1 atom stereocenters. The van der Waals surface area contributed by atoms with Crippen molar-refractivity contribution in [3.8, 4) is 0 Å². The molecular formula is C17H15Br. The van der Waals surface area contributed by atoms with E-state index in [0.717, 1.165) is 4.47 Å². The van der Waals surface area contributed by atoms with E-state index in [0.29, 0.717) is 0 Å². The van der Waals surface area contributed by atoms with Crippen LogP contribution >= 0.6 is 15.9 Å². The summed E-state index contributed by atoms with van der Waals surface area (Å²) in [6.07, 6.45) is 4.52. The summed E-state index contributed by atoms with van der Waals surface area (Å²) in [5, 5.41) is 0. The maximum absolute atomic E-state index is 3.53. The van der Waals surface area contributed by atoms with Gasteiger partial charge in [-0.1, -0.05) is 64.0 Å². The third kappa shape index (κ3) is 1.74. The summed E-state index contributed by atoms with van der Waals surface area (Å²) in [5.41, 5.74) is 5.36. The lowest BCUT2D eigenvalue weighted by atomic mass is 9.78. The minimum absolute atomic E-state index is 0.00370. The maximum Gasteiger partial charge on any atom is 0.0362 e. The van der Waals surface area contributed by atoms with Crippen molar-refractivity contribution in [3.05, 3.63) is 75.3 Å². The van der Waals surface area contributed by atoms with Gasteiger partial charge in [-0.15, -0.1) is 0 Å². The van der Waals surface area contributed by atoms with E-state index in [-0.39, 0.29) is 5.41 Å². The van der Waals surface area contributed by atoms with Gasteiger partial charge in [-0.05, 0) is 42.7 Å². The molecule has 0 N–H and O–H groups in total. The Labute approximate surface area is 116 Å². The Hall–Kier alpha value is -1.34. The lowest BCUT2D eigenvalue weighted by Gasteiger charge is -2.25. The van der Waals surface area contributed by atoms with Crippen LogP contribution in [-0.2, 0) is 5.41 Å². The largest absolute Gasteiger partial charge is 0.0692 e. The van der Waals surface area contributed by atoms with Crippen molar-refractivity contribution < 1.29 is 0 Å². The lowest BCUT2D eigenvalue weighted by Crippen LogP contribution is -2.18. The Balaban J connectivity index is 2.14. The van der Waals surface area contributed by atoms with Crippen LogP contribution in [-0.4, -0.2) is 0 Å². The van der Waals surface area contributed by atoms with E-state index in [1.54, 1.807) is 0 Å². The molecule has 2 aromatic rings. The molecule has 0 amide bonds. The second-order valence-corrected chi connectivity index (χ2v) is 6.05. The van der Waals surface area contributed by atoms with Gasteiger partial charge in [0.05, 0.1) is 0 Å². The highest BCUT2D eigenvalue weighted by Gasteiger charge is 2.31. The van der Waals surface area contributed by atoms with Crippen LogP contribution in [0, 0.1) is 6.92 Å². The van der Waals surface area contributed by atoms with E-state index in [4.69, 9.17) is 0 Å². The van der Waals surface area contributed by atoms with E-state index >= 15 is 0 Å². The minimum atomic E-state index is 0.00370. The molecule has 0 saturated carbocycles. The molecule has 1 aliphatic rings. The molecule has 0 bridgehead atoms. The van der Waals surface area contributed by atoms with E-state index in [1.165, 1.54) is 22.3 Å². The Morgan fingerprint density at radius 2 is 1.72 bits per heavy atom. The van der Waals surface area contributed by atoms with Gasteiger partial charge in [0.1, 0.15) is 0 Å². The van der Waals surface area contributed by atoms with Crippen LogP contribution in [0.25, 0.3) is 6.08 Å². The third-order valence-corrected chi connectivity index (χ3v) is 4.31. The van der Waals surface area contributed by atoms with Gasteiger partial charge in [-0.25, -0.2) is 0 Å². The van der Waals surface area contributed by atoms with Crippen molar-refractivity contribution >= 4 is 22.0 Å². The van der Waals surface area contributed by atoms with E-state index < -0.39 is 0 Å². The molecule has 0 saturated heterocycles. The number of allylic oxidation sites excluding steroid dienone is 1. The summed E-state index contributed by atoms with van der Waals surface area (Å²) in [4.78, 5) is 0. The van der Waals surface area contributed by atoms with Crippen molar-refractivity contribution in [2.75, 3.05) is 0 Å². The topological polar surface area (TPSA) is 0 Å². The zero-order chi connectivity index (χ0) is 12.8. The summed E-state index contributed by atoms with van der Waals surface area (Å²) in [6, 6.07) is 15.4. The van der Waals surface area contributed by atoms with Crippen LogP contribution in [0.1, 0.15) is 29.2 Å². The molecule has 2 aromatic carbocycles. The Kier molecular flexibility index (Phi) is 2.67. The minimum Gasteiger partial charge on any atom is -0.0692 e. The molecule has 0 aliphatic heterocycles.